The van der Waals surface area contributed by atoms with Crippen molar-refractivity contribution in [2.24, 2.45) is 5.92 Å². The normalized spacial score (nSPS) is 15.0. The Labute approximate surface area is 236 Å². The summed E-state index contributed by atoms with van der Waals surface area (Å²) in [6.45, 7) is 3.55. The SMILES string of the molecule is COC(=O)C1CCN(c2cccc(-c3c(-c4ccsc4C#N)c4ccccc4n3Sc3ccc(C)cc3)c2)C1. The summed E-state index contributed by atoms with van der Waals surface area (Å²) in [7, 11) is 1.46. The first-order valence-corrected chi connectivity index (χ1v) is 14.5. The van der Waals surface area contributed by atoms with E-state index in [1.54, 1.807) is 11.9 Å². The molecule has 0 N–H and O–H groups in total. The molecule has 1 saturated heterocycles. The molecule has 3 heterocycles. The third kappa shape index (κ3) is 4.71. The van der Waals surface area contributed by atoms with E-state index in [4.69, 9.17) is 4.74 Å². The van der Waals surface area contributed by atoms with Crippen molar-refractivity contribution in [2.75, 3.05) is 25.1 Å². The topological polar surface area (TPSA) is 58.3 Å². The highest BCUT2D eigenvalue weighted by Crippen LogP contribution is 2.46. The number of esters is 1. The average Bonchev–Trinajstić information content (AvgIpc) is 3.72. The van der Waals surface area contributed by atoms with E-state index in [2.05, 4.69) is 101 Å². The Kier molecular flexibility index (Phi) is 6.90. The van der Waals surface area contributed by atoms with Crippen molar-refractivity contribution < 1.29 is 9.53 Å². The van der Waals surface area contributed by atoms with Crippen LogP contribution in [0.1, 0.15) is 16.9 Å². The molecular weight excluding hydrogens is 523 g/mol. The van der Waals surface area contributed by atoms with Crippen LogP contribution in [0.15, 0.2) is 89.1 Å². The second kappa shape index (κ2) is 10.6. The van der Waals surface area contributed by atoms with Crippen molar-refractivity contribution in [3.8, 4) is 28.5 Å². The molecule has 0 saturated carbocycles. The molecule has 194 valence electrons. The summed E-state index contributed by atoms with van der Waals surface area (Å²) in [5.74, 6) is -0.256. The first-order valence-electron chi connectivity index (χ1n) is 12.9. The Hall–Kier alpha value is -3.99. The monoisotopic (exact) mass is 549 g/mol. The van der Waals surface area contributed by atoms with Crippen molar-refractivity contribution in [1.29, 1.82) is 5.26 Å². The molecule has 1 aliphatic heterocycles. The number of fused-ring (bicyclic) bond motifs is 1. The Bertz CT molecular complexity index is 1710. The van der Waals surface area contributed by atoms with Crippen LogP contribution in [0, 0.1) is 24.2 Å². The van der Waals surface area contributed by atoms with Gasteiger partial charge in [-0.25, -0.2) is 0 Å². The van der Waals surface area contributed by atoms with E-state index in [0.717, 1.165) is 56.8 Å². The molecule has 1 aliphatic rings. The zero-order chi connectivity index (χ0) is 26.9. The minimum atomic E-state index is -0.146. The van der Waals surface area contributed by atoms with E-state index in [0.29, 0.717) is 11.4 Å². The lowest BCUT2D eigenvalue weighted by Crippen LogP contribution is -2.23. The Morgan fingerprint density at radius 3 is 2.69 bits per heavy atom. The number of anilines is 1. The molecule has 1 atom stereocenters. The first kappa shape index (κ1) is 25.3. The molecule has 0 aliphatic carbocycles. The predicted molar refractivity (Wildman–Crippen MR) is 160 cm³/mol. The van der Waals surface area contributed by atoms with Crippen LogP contribution < -0.4 is 4.90 Å². The molecule has 5 nitrogen and oxygen atoms in total. The molecule has 1 fully saturated rings. The van der Waals surface area contributed by atoms with E-state index in [1.807, 2.05) is 5.38 Å². The van der Waals surface area contributed by atoms with Gasteiger partial charge in [0.05, 0.1) is 24.2 Å². The van der Waals surface area contributed by atoms with Gasteiger partial charge in [-0.1, -0.05) is 48.0 Å². The summed E-state index contributed by atoms with van der Waals surface area (Å²) in [6.07, 6.45) is 0.784. The smallest absolute Gasteiger partial charge is 0.310 e. The van der Waals surface area contributed by atoms with E-state index >= 15 is 0 Å². The lowest BCUT2D eigenvalue weighted by atomic mass is 9.98. The lowest BCUT2D eigenvalue weighted by Gasteiger charge is -2.20. The predicted octanol–water partition coefficient (Wildman–Crippen LogP) is 7.77. The van der Waals surface area contributed by atoms with Gasteiger partial charge in [0.15, 0.2) is 0 Å². The highest BCUT2D eigenvalue weighted by Gasteiger charge is 2.30. The van der Waals surface area contributed by atoms with Gasteiger partial charge in [-0.2, -0.15) is 5.26 Å². The number of hydrogen-bond acceptors (Lipinski definition) is 6. The number of ether oxygens (including phenoxy) is 1. The maximum Gasteiger partial charge on any atom is 0.310 e. The van der Waals surface area contributed by atoms with Gasteiger partial charge in [0, 0.05) is 45.7 Å². The fraction of sp³-hybridized carbons (Fsp3) is 0.188. The summed E-state index contributed by atoms with van der Waals surface area (Å²) in [6, 6.07) is 30.0. The summed E-state index contributed by atoms with van der Waals surface area (Å²) in [5.41, 5.74) is 7.53. The average molecular weight is 550 g/mol. The molecule has 0 spiro atoms. The molecule has 2 aromatic heterocycles. The number of nitriles is 1. The van der Waals surface area contributed by atoms with Crippen LogP contribution in [-0.4, -0.2) is 30.1 Å². The number of aryl methyl sites for hydroxylation is 1. The van der Waals surface area contributed by atoms with Crippen LogP contribution in [-0.2, 0) is 9.53 Å². The van der Waals surface area contributed by atoms with Gasteiger partial charge in [-0.15, -0.1) is 11.3 Å². The van der Waals surface area contributed by atoms with Crippen LogP contribution in [0.2, 0.25) is 0 Å². The minimum Gasteiger partial charge on any atom is -0.469 e. The number of carbonyl (C=O) groups excluding carboxylic acids is 1. The first-order chi connectivity index (χ1) is 19.1. The second-order valence-electron chi connectivity index (χ2n) is 9.72. The summed E-state index contributed by atoms with van der Waals surface area (Å²) in [4.78, 5) is 16.3. The number of carbonyl (C=O) groups is 1. The number of methoxy groups -OCH3 is 1. The Balaban J connectivity index is 1.55. The number of rotatable bonds is 6. The Morgan fingerprint density at radius 2 is 1.90 bits per heavy atom. The molecule has 0 amide bonds. The van der Waals surface area contributed by atoms with Gasteiger partial charge in [0.1, 0.15) is 10.9 Å². The quantitative estimate of drug-likeness (QED) is 0.203. The fourth-order valence-corrected chi connectivity index (χ4v) is 7.05. The highest BCUT2D eigenvalue weighted by molar-refractivity contribution is 7.98. The molecule has 3 aromatic carbocycles. The van der Waals surface area contributed by atoms with Crippen molar-refractivity contribution >= 4 is 45.8 Å². The zero-order valence-electron chi connectivity index (χ0n) is 21.8. The summed E-state index contributed by atoms with van der Waals surface area (Å²) < 4.78 is 7.31. The summed E-state index contributed by atoms with van der Waals surface area (Å²) in [5, 5.41) is 13.1. The molecular formula is C32H27N3O2S2. The molecule has 39 heavy (non-hydrogen) atoms. The number of thiophene rings is 1. The Morgan fingerprint density at radius 1 is 1.08 bits per heavy atom. The fourth-order valence-electron chi connectivity index (χ4n) is 5.34. The third-order valence-corrected chi connectivity index (χ3v) is 9.16. The van der Waals surface area contributed by atoms with Crippen molar-refractivity contribution in [2.45, 2.75) is 18.2 Å². The van der Waals surface area contributed by atoms with Crippen LogP contribution in [0.5, 0.6) is 0 Å². The third-order valence-electron chi connectivity index (χ3n) is 7.29. The molecule has 1 unspecified atom stereocenters. The van der Waals surface area contributed by atoms with Crippen LogP contribution >= 0.6 is 23.3 Å². The van der Waals surface area contributed by atoms with Gasteiger partial charge >= 0.3 is 5.97 Å². The van der Waals surface area contributed by atoms with Gasteiger partial charge < -0.3 is 9.64 Å². The molecule has 5 aromatic rings. The van der Waals surface area contributed by atoms with E-state index in [9.17, 15) is 10.1 Å². The van der Waals surface area contributed by atoms with E-state index < -0.39 is 0 Å². The minimum absolute atomic E-state index is 0.109. The van der Waals surface area contributed by atoms with Crippen LogP contribution in [0.4, 0.5) is 5.69 Å². The number of nitrogens with zero attached hydrogens (tertiary/aromatic N) is 3. The van der Waals surface area contributed by atoms with Crippen molar-refractivity contribution in [1.82, 2.24) is 3.97 Å². The number of hydrogen-bond donors (Lipinski definition) is 0. The number of benzene rings is 3. The largest absolute Gasteiger partial charge is 0.469 e. The summed E-state index contributed by atoms with van der Waals surface area (Å²) >= 11 is 3.16. The van der Waals surface area contributed by atoms with Gasteiger partial charge in [-0.05, 0) is 67.1 Å². The maximum atomic E-state index is 12.2. The standard InChI is InChI=1S/C32H27N3O2S2/c1-21-10-12-25(13-11-21)39-35-28-9-4-3-8-26(28)30(27-15-17-38-29(27)19-33)31(35)22-6-5-7-24(18-22)34-16-14-23(20-34)32(36)37-2/h3-13,15,17-18,23H,14,16,20H2,1-2H3. The van der Waals surface area contributed by atoms with Gasteiger partial charge in [-0.3, -0.25) is 8.77 Å². The van der Waals surface area contributed by atoms with Crippen LogP contribution in [0.25, 0.3) is 33.3 Å². The van der Waals surface area contributed by atoms with Gasteiger partial charge in [0.25, 0.3) is 0 Å². The zero-order valence-corrected chi connectivity index (χ0v) is 23.4. The lowest BCUT2D eigenvalue weighted by molar-refractivity contribution is -0.144. The molecule has 0 bridgehead atoms. The van der Waals surface area contributed by atoms with E-state index in [-0.39, 0.29) is 11.9 Å². The van der Waals surface area contributed by atoms with E-state index in [1.165, 1.54) is 24.0 Å². The molecule has 7 heteroatoms. The molecule has 6 rings (SSSR count). The number of para-hydroxylation sites is 1. The van der Waals surface area contributed by atoms with Crippen LogP contribution in [0.3, 0.4) is 0 Å². The molecule has 0 radical (unpaired) electrons. The number of aromatic nitrogens is 1. The highest BCUT2D eigenvalue weighted by atomic mass is 32.2. The second-order valence-corrected chi connectivity index (χ2v) is 11.7. The van der Waals surface area contributed by atoms with Crippen molar-refractivity contribution in [3.05, 3.63) is 94.7 Å². The van der Waals surface area contributed by atoms with Crippen molar-refractivity contribution in [3.63, 3.8) is 0 Å². The maximum absolute atomic E-state index is 12.2. The van der Waals surface area contributed by atoms with Gasteiger partial charge in [0.2, 0.25) is 0 Å².